The van der Waals surface area contributed by atoms with Crippen molar-refractivity contribution in [2.75, 3.05) is 5.32 Å². The van der Waals surface area contributed by atoms with Gasteiger partial charge in [0.25, 0.3) is 5.56 Å². The number of amides is 1. The highest BCUT2D eigenvalue weighted by molar-refractivity contribution is 6.01. The molecule has 0 saturated heterocycles. The summed E-state index contributed by atoms with van der Waals surface area (Å²) in [5.74, 6) is -0.0489. The van der Waals surface area contributed by atoms with Crippen LogP contribution in [0.1, 0.15) is 42.1 Å². The largest absolute Gasteiger partial charge is 0.456 e. The van der Waals surface area contributed by atoms with E-state index in [0.717, 1.165) is 4.57 Å². The van der Waals surface area contributed by atoms with Crippen LogP contribution in [0.25, 0.3) is 5.65 Å². The zero-order valence-corrected chi connectivity index (χ0v) is 15.9. The molecular weight excluding hydrogens is 362 g/mol. The van der Waals surface area contributed by atoms with Gasteiger partial charge in [0.1, 0.15) is 12.4 Å². The van der Waals surface area contributed by atoms with E-state index in [1.807, 2.05) is 13.8 Å². The summed E-state index contributed by atoms with van der Waals surface area (Å²) in [4.78, 5) is 40.8. The van der Waals surface area contributed by atoms with Gasteiger partial charge in [0.2, 0.25) is 5.91 Å². The first-order chi connectivity index (χ1) is 13.3. The number of anilines is 1. The molecule has 0 fully saturated rings. The van der Waals surface area contributed by atoms with Gasteiger partial charge in [-0.1, -0.05) is 26.0 Å². The summed E-state index contributed by atoms with van der Waals surface area (Å²) in [6.07, 6.45) is 0.349. The lowest BCUT2D eigenvalue weighted by atomic mass is 10.1. The van der Waals surface area contributed by atoms with Gasteiger partial charge >= 0.3 is 5.97 Å². The topological polar surface area (TPSA) is 103 Å². The monoisotopic (exact) mass is 383 g/mol. The van der Waals surface area contributed by atoms with Crippen molar-refractivity contribution < 1.29 is 18.8 Å². The van der Waals surface area contributed by atoms with Crippen molar-refractivity contribution in [3.8, 4) is 0 Å². The van der Waals surface area contributed by atoms with Gasteiger partial charge in [0.05, 0.1) is 16.9 Å². The van der Waals surface area contributed by atoms with Crippen LogP contribution in [-0.2, 0) is 16.1 Å². The molecule has 1 amide bonds. The Hall–Kier alpha value is -3.42. The molecule has 0 radical (unpaired) electrons. The van der Waals surface area contributed by atoms with E-state index < -0.39 is 11.5 Å². The van der Waals surface area contributed by atoms with Crippen LogP contribution in [0.2, 0.25) is 0 Å². The molecule has 0 unspecified atom stereocenters. The number of rotatable bonds is 6. The number of carbonyl (C=O) groups excluding carboxylic acids is 2. The van der Waals surface area contributed by atoms with Crippen molar-refractivity contribution in [3.63, 3.8) is 0 Å². The molecule has 0 saturated carbocycles. The maximum absolute atomic E-state index is 12.5. The van der Waals surface area contributed by atoms with E-state index in [2.05, 4.69) is 10.3 Å². The molecule has 0 aliphatic rings. The number of aryl methyl sites for hydroxylation is 1. The second-order valence-electron chi connectivity index (χ2n) is 6.85. The molecule has 146 valence electrons. The smallest absolute Gasteiger partial charge is 0.340 e. The summed E-state index contributed by atoms with van der Waals surface area (Å²) in [7, 11) is 0. The minimum Gasteiger partial charge on any atom is -0.456 e. The summed E-state index contributed by atoms with van der Waals surface area (Å²) in [6, 6.07) is 9.48. The van der Waals surface area contributed by atoms with Gasteiger partial charge < -0.3 is 14.6 Å². The number of benzene rings is 1. The SMILES string of the molecule is Cc1cc2nc(COC(=O)c3ccccc3NC(=O)CC(C)C)cc(=O)n2o1. The van der Waals surface area contributed by atoms with Crippen LogP contribution >= 0.6 is 0 Å². The summed E-state index contributed by atoms with van der Waals surface area (Å²) >= 11 is 0. The minimum atomic E-state index is -0.620. The van der Waals surface area contributed by atoms with Crippen LogP contribution in [0, 0.1) is 12.8 Å². The molecule has 0 aliphatic carbocycles. The van der Waals surface area contributed by atoms with Crippen molar-refractivity contribution >= 4 is 23.2 Å². The zero-order chi connectivity index (χ0) is 20.3. The number of hydrogen-bond donors (Lipinski definition) is 1. The fourth-order valence-corrected chi connectivity index (χ4v) is 2.71. The summed E-state index contributed by atoms with van der Waals surface area (Å²) in [6.45, 7) is 5.41. The van der Waals surface area contributed by atoms with E-state index in [1.54, 1.807) is 37.3 Å². The molecule has 1 aromatic carbocycles. The Morgan fingerprint density at radius 2 is 2.00 bits per heavy atom. The van der Waals surface area contributed by atoms with Gasteiger partial charge in [0.15, 0.2) is 5.65 Å². The standard InChI is InChI=1S/C20H21N3O5/c1-12(2)8-18(24)22-16-7-5-4-6-15(16)20(26)27-11-14-10-19(25)23-17(21-14)9-13(3)28-23/h4-7,9-10,12H,8,11H2,1-3H3,(H,22,24). The fourth-order valence-electron chi connectivity index (χ4n) is 2.71. The van der Waals surface area contributed by atoms with Crippen molar-refractivity contribution in [1.82, 2.24) is 9.56 Å². The maximum atomic E-state index is 12.5. The number of nitrogens with one attached hydrogen (secondary N) is 1. The summed E-state index contributed by atoms with van der Waals surface area (Å²) < 4.78 is 11.6. The highest BCUT2D eigenvalue weighted by Crippen LogP contribution is 2.18. The Balaban J connectivity index is 1.73. The first-order valence-corrected chi connectivity index (χ1v) is 8.89. The van der Waals surface area contributed by atoms with E-state index in [1.165, 1.54) is 6.07 Å². The van der Waals surface area contributed by atoms with E-state index >= 15 is 0 Å². The molecule has 8 heteroatoms. The Labute approximate surface area is 161 Å². The number of nitrogens with zero attached hydrogens (tertiary/aromatic N) is 2. The van der Waals surface area contributed by atoms with Crippen LogP contribution in [0.15, 0.2) is 45.7 Å². The number of para-hydroxylation sites is 1. The van der Waals surface area contributed by atoms with Crippen molar-refractivity contribution in [1.29, 1.82) is 0 Å². The summed E-state index contributed by atoms with van der Waals surface area (Å²) in [5.41, 5.74) is 0.868. The molecule has 2 heterocycles. The van der Waals surface area contributed by atoms with E-state index in [4.69, 9.17) is 9.26 Å². The molecule has 3 rings (SSSR count). The third-order valence-corrected chi connectivity index (χ3v) is 3.89. The lowest BCUT2D eigenvalue weighted by Crippen LogP contribution is -2.18. The number of esters is 1. The first kappa shape index (κ1) is 19.3. The number of hydrogen-bond acceptors (Lipinski definition) is 6. The second kappa shape index (κ2) is 8.08. The number of ether oxygens (including phenoxy) is 1. The minimum absolute atomic E-state index is 0.175. The van der Waals surface area contributed by atoms with Gasteiger partial charge in [-0.25, -0.2) is 9.78 Å². The van der Waals surface area contributed by atoms with E-state index in [0.29, 0.717) is 29.2 Å². The van der Waals surface area contributed by atoms with Gasteiger partial charge in [-0.15, -0.1) is 4.57 Å². The molecule has 0 atom stereocenters. The zero-order valence-electron chi connectivity index (χ0n) is 15.9. The predicted octanol–water partition coefficient (Wildman–Crippen LogP) is 2.94. The Kier molecular flexibility index (Phi) is 5.58. The molecule has 1 N–H and O–H groups in total. The molecule has 8 nitrogen and oxygen atoms in total. The highest BCUT2D eigenvalue weighted by Gasteiger charge is 2.16. The van der Waals surface area contributed by atoms with Gasteiger partial charge in [-0.2, -0.15) is 0 Å². The van der Waals surface area contributed by atoms with Crippen LogP contribution in [0.5, 0.6) is 0 Å². The molecule has 2 aromatic heterocycles. The normalized spacial score (nSPS) is 11.0. The van der Waals surface area contributed by atoms with Gasteiger partial charge in [-0.05, 0) is 25.0 Å². The van der Waals surface area contributed by atoms with Crippen LogP contribution < -0.4 is 10.9 Å². The van der Waals surface area contributed by atoms with Gasteiger partial charge in [0, 0.05) is 18.6 Å². The molecule has 0 aliphatic heterocycles. The van der Waals surface area contributed by atoms with Crippen LogP contribution in [-0.4, -0.2) is 21.4 Å². The molecule has 3 aromatic rings. The molecule has 0 spiro atoms. The molecular formula is C20H21N3O5. The lowest BCUT2D eigenvalue weighted by molar-refractivity contribution is -0.116. The Bertz CT molecular complexity index is 1080. The number of fused-ring (bicyclic) bond motifs is 1. The average molecular weight is 383 g/mol. The van der Waals surface area contributed by atoms with E-state index in [9.17, 15) is 14.4 Å². The Morgan fingerprint density at radius 1 is 1.25 bits per heavy atom. The molecule has 28 heavy (non-hydrogen) atoms. The predicted molar refractivity (Wildman–Crippen MR) is 102 cm³/mol. The molecule has 0 bridgehead atoms. The second-order valence-corrected chi connectivity index (χ2v) is 6.85. The van der Waals surface area contributed by atoms with Crippen molar-refractivity contribution in [2.24, 2.45) is 5.92 Å². The quantitative estimate of drug-likeness (QED) is 0.657. The number of aromatic nitrogens is 2. The van der Waals surface area contributed by atoms with Crippen molar-refractivity contribution in [3.05, 3.63) is 63.8 Å². The lowest BCUT2D eigenvalue weighted by Gasteiger charge is -2.11. The third-order valence-electron chi connectivity index (χ3n) is 3.89. The van der Waals surface area contributed by atoms with Crippen molar-refractivity contribution in [2.45, 2.75) is 33.8 Å². The Morgan fingerprint density at radius 3 is 2.75 bits per heavy atom. The maximum Gasteiger partial charge on any atom is 0.340 e. The van der Waals surface area contributed by atoms with Crippen LogP contribution in [0.3, 0.4) is 0 Å². The highest BCUT2D eigenvalue weighted by atomic mass is 16.5. The van der Waals surface area contributed by atoms with Crippen LogP contribution in [0.4, 0.5) is 5.69 Å². The summed E-state index contributed by atoms with van der Waals surface area (Å²) in [5, 5.41) is 2.74. The fraction of sp³-hybridized carbons (Fsp3) is 0.300. The average Bonchev–Trinajstić information content (AvgIpc) is 3.00. The number of carbonyl (C=O) groups is 2. The van der Waals surface area contributed by atoms with Gasteiger partial charge in [-0.3, -0.25) is 9.59 Å². The third kappa shape index (κ3) is 4.46. The van der Waals surface area contributed by atoms with E-state index in [-0.39, 0.29) is 24.0 Å². The first-order valence-electron chi connectivity index (χ1n) is 8.89.